The second-order valence-corrected chi connectivity index (χ2v) is 5.61. The lowest BCUT2D eigenvalue weighted by Crippen LogP contribution is -2.09. The normalized spacial score (nSPS) is 11.2. The van der Waals surface area contributed by atoms with Crippen LogP contribution < -0.4 is 4.72 Å². The molecule has 2 rings (SSSR count). The second kappa shape index (κ2) is 4.66. The van der Waals surface area contributed by atoms with Gasteiger partial charge in [-0.2, -0.15) is 0 Å². The van der Waals surface area contributed by atoms with Gasteiger partial charge in [0.05, 0.1) is 18.1 Å². The van der Waals surface area contributed by atoms with E-state index in [1.807, 2.05) is 6.07 Å². The third-order valence-corrected chi connectivity index (χ3v) is 2.82. The van der Waals surface area contributed by atoms with Crippen LogP contribution in [0, 0.1) is 0 Å². The minimum Gasteiger partial charge on any atom is -0.506 e. The summed E-state index contributed by atoms with van der Waals surface area (Å²) in [6.45, 7) is 0. The van der Waals surface area contributed by atoms with Crippen LogP contribution in [0.4, 0.5) is 5.69 Å². The quantitative estimate of drug-likeness (QED) is 0.886. The minimum absolute atomic E-state index is 0.0872. The summed E-state index contributed by atoms with van der Waals surface area (Å²) in [5, 5.41) is 9.16. The average molecular weight is 264 g/mol. The molecule has 1 heterocycles. The maximum atomic E-state index is 11.1. The molecule has 5 nitrogen and oxygen atoms in total. The van der Waals surface area contributed by atoms with Crippen molar-refractivity contribution in [3.63, 3.8) is 0 Å². The maximum Gasteiger partial charge on any atom is 0.229 e. The van der Waals surface area contributed by atoms with Crippen molar-refractivity contribution < 1.29 is 13.5 Å². The van der Waals surface area contributed by atoms with Crippen molar-refractivity contribution in [2.24, 2.45) is 0 Å². The average Bonchev–Trinajstić information content (AvgIpc) is 2.28. The van der Waals surface area contributed by atoms with Gasteiger partial charge in [-0.05, 0) is 24.3 Å². The molecule has 0 aliphatic heterocycles. The fourth-order valence-electron chi connectivity index (χ4n) is 1.51. The van der Waals surface area contributed by atoms with Crippen LogP contribution in [0.1, 0.15) is 0 Å². The monoisotopic (exact) mass is 264 g/mol. The number of anilines is 1. The van der Waals surface area contributed by atoms with Crippen molar-refractivity contribution in [2.45, 2.75) is 0 Å². The zero-order chi connectivity index (χ0) is 13.2. The molecule has 0 spiro atoms. The molecule has 0 aliphatic carbocycles. The summed E-state index contributed by atoms with van der Waals surface area (Å²) in [5.74, 6) is 0.0872. The maximum absolute atomic E-state index is 11.1. The van der Waals surface area contributed by atoms with Gasteiger partial charge in [0, 0.05) is 11.3 Å². The highest BCUT2D eigenvalue weighted by Crippen LogP contribution is 2.22. The largest absolute Gasteiger partial charge is 0.506 e. The number of hydrogen-bond acceptors (Lipinski definition) is 4. The first-order valence-corrected chi connectivity index (χ1v) is 7.06. The Bertz CT molecular complexity index is 651. The lowest BCUT2D eigenvalue weighted by molar-refractivity contribution is 0.473. The van der Waals surface area contributed by atoms with E-state index < -0.39 is 10.0 Å². The van der Waals surface area contributed by atoms with Crippen molar-refractivity contribution in [1.29, 1.82) is 0 Å². The highest BCUT2D eigenvalue weighted by Gasteiger charge is 2.04. The van der Waals surface area contributed by atoms with E-state index >= 15 is 0 Å². The molecule has 2 N–H and O–H groups in total. The van der Waals surface area contributed by atoms with E-state index in [0.29, 0.717) is 11.4 Å². The van der Waals surface area contributed by atoms with E-state index in [2.05, 4.69) is 9.71 Å². The third-order valence-electron chi connectivity index (χ3n) is 2.21. The summed E-state index contributed by atoms with van der Waals surface area (Å²) in [6, 6.07) is 10.1. The van der Waals surface area contributed by atoms with Gasteiger partial charge in [-0.1, -0.05) is 12.1 Å². The first-order valence-electron chi connectivity index (χ1n) is 5.17. The molecule has 0 radical (unpaired) electrons. The van der Waals surface area contributed by atoms with Gasteiger partial charge in [0.15, 0.2) is 0 Å². The molecule has 18 heavy (non-hydrogen) atoms. The van der Waals surface area contributed by atoms with Crippen molar-refractivity contribution >= 4 is 15.7 Å². The van der Waals surface area contributed by atoms with Crippen LogP contribution in [-0.2, 0) is 10.0 Å². The number of hydrogen-bond donors (Lipinski definition) is 2. The summed E-state index contributed by atoms with van der Waals surface area (Å²) in [7, 11) is -3.29. The summed E-state index contributed by atoms with van der Waals surface area (Å²) < 4.78 is 24.7. The topological polar surface area (TPSA) is 79.3 Å². The number of aromatic hydroxyl groups is 1. The Morgan fingerprint density at radius 1 is 1.22 bits per heavy atom. The van der Waals surface area contributed by atoms with E-state index in [0.717, 1.165) is 11.8 Å². The summed E-state index contributed by atoms with van der Waals surface area (Å²) in [4.78, 5) is 4.06. The molecule has 1 aromatic heterocycles. The lowest BCUT2D eigenvalue weighted by Gasteiger charge is -2.06. The SMILES string of the molecule is CS(=O)(=O)Nc1cccc(-c2ccc(O)cn2)c1. The Balaban J connectivity index is 2.35. The molecule has 2 aromatic rings. The van der Waals surface area contributed by atoms with Gasteiger partial charge in [-0.25, -0.2) is 8.42 Å². The molecule has 1 aromatic carbocycles. The van der Waals surface area contributed by atoms with Crippen LogP contribution in [0.5, 0.6) is 5.75 Å². The first kappa shape index (κ1) is 12.4. The van der Waals surface area contributed by atoms with E-state index in [-0.39, 0.29) is 5.75 Å². The van der Waals surface area contributed by atoms with E-state index in [1.165, 1.54) is 12.3 Å². The van der Waals surface area contributed by atoms with Crippen LogP contribution >= 0.6 is 0 Å². The smallest absolute Gasteiger partial charge is 0.229 e. The Labute approximate surface area is 105 Å². The predicted octanol–water partition coefficient (Wildman–Crippen LogP) is 1.83. The molecule has 0 fully saturated rings. The number of nitrogens with zero attached hydrogens (tertiary/aromatic N) is 1. The summed E-state index contributed by atoms with van der Waals surface area (Å²) in [6.07, 6.45) is 2.43. The zero-order valence-electron chi connectivity index (χ0n) is 9.66. The molecule has 0 amide bonds. The third kappa shape index (κ3) is 3.21. The first-order chi connectivity index (χ1) is 8.44. The molecule has 6 heteroatoms. The van der Waals surface area contributed by atoms with Gasteiger partial charge in [0.1, 0.15) is 5.75 Å². The van der Waals surface area contributed by atoms with Crippen molar-refractivity contribution in [1.82, 2.24) is 4.98 Å². The van der Waals surface area contributed by atoms with Crippen LogP contribution in [0.15, 0.2) is 42.6 Å². The molecule has 0 saturated carbocycles. The molecule has 0 bridgehead atoms. The van der Waals surface area contributed by atoms with Crippen molar-refractivity contribution in [3.05, 3.63) is 42.6 Å². The molecular weight excluding hydrogens is 252 g/mol. The Kier molecular flexibility index (Phi) is 3.20. The van der Waals surface area contributed by atoms with E-state index in [9.17, 15) is 8.42 Å². The fourth-order valence-corrected chi connectivity index (χ4v) is 2.07. The van der Waals surface area contributed by atoms with Crippen molar-refractivity contribution in [3.8, 4) is 17.0 Å². The summed E-state index contributed by atoms with van der Waals surface area (Å²) >= 11 is 0. The molecule has 0 saturated heterocycles. The molecule has 94 valence electrons. The van der Waals surface area contributed by atoms with Gasteiger partial charge < -0.3 is 5.11 Å². The number of aromatic nitrogens is 1. The van der Waals surface area contributed by atoms with Crippen LogP contribution in [-0.4, -0.2) is 24.8 Å². The Morgan fingerprint density at radius 2 is 2.00 bits per heavy atom. The summed E-state index contributed by atoms with van der Waals surface area (Å²) in [5.41, 5.74) is 1.90. The second-order valence-electron chi connectivity index (χ2n) is 3.86. The molecular formula is C12H12N2O3S. The van der Waals surface area contributed by atoms with Gasteiger partial charge >= 0.3 is 0 Å². The molecule has 0 atom stereocenters. The lowest BCUT2D eigenvalue weighted by atomic mass is 10.1. The number of sulfonamides is 1. The van der Waals surface area contributed by atoms with E-state index in [1.54, 1.807) is 24.3 Å². The highest BCUT2D eigenvalue weighted by atomic mass is 32.2. The number of benzene rings is 1. The van der Waals surface area contributed by atoms with E-state index in [4.69, 9.17) is 5.11 Å². The highest BCUT2D eigenvalue weighted by molar-refractivity contribution is 7.92. The van der Waals surface area contributed by atoms with Gasteiger partial charge in [0.25, 0.3) is 0 Å². The molecule has 0 aliphatic rings. The number of rotatable bonds is 3. The van der Waals surface area contributed by atoms with Gasteiger partial charge in [-0.3, -0.25) is 9.71 Å². The molecule has 0 unspecified atom stereocenters. The fraction of sp³-hybridized carbons (Fsp3) is 0.0833. The number of nitrogens with one attached hydrogen (secondary N) is 1. The van der Waals surface area contributed by atoms with Crippen molar-refractivity contribution in [2.75, 3.05) is 11.0 Å². The van der Waals surface area contributed by atoms with Gasteiger partial charge in [-0.15, -0.1) is 0 Å². The van der Waals surface area contributed by atoms with Crippen LogP contribution in [0.2, 0.25) is 0 Å². The Hall–Kier alpha value is -2.08. The standard InChI is InChI=1S/C12H12N2O3S/c1-18(16,17)14-10-4-2-3-9(7-10)12-6-5-11(15)8-13-12/h2-8,14-15H,1H3. The Morgan fingerprint density at radius 3 is 2.61 bits per heavy atom. The zero-order valence-corrected chi connectivity index (χ0v) is 10.5. The van der Waals surface area contributed by atoms with Crippen LogP contribution in [0.25, 0.3) is 11.3 Å². The predicted molar refractivity (Wildman–Crippen MR) is 69.8 cm³/mol. The van der Waals surface area contributed by atoms with Gasteiger partial charge in [0.2, 0.25) is 10.0 Å². The number of pyridine rings is 1. The van der Waals surface area contributed by atoms with Crippen LogP contribution in [0.3, 0.4) is 0 Å². The minimum atomic E-state index is -3.29.